The smallest absolute Gasteiger partial charge is 0.306 e. The minimum Gasteiger partial charge on any atom is -0.469 e. The van der Waals surface area contributed by atoms with Crippen LogP contribution in [0.2, 0.25) is 0 Å². The van der Waals surface area contributed by atoms with Gasteiger partial charge in [0.25, 0.3) is 0 Å². The van der Waals surface area contributed by atoms with Crippen LogP contribution in [0, 0.1) is 17.3 Å². The van der Waals surface area contributed by atoms with Gasteiger partial charge >= 0.3 is 5.97 Å². The molecule has 2 rings (SSSR count). The summed E-state index contributed by atoms with van der Waals surface area (Å²) < 4.78 is 4.62. The van der Waals surface area contributed by atoms with Crippen LogP contribution in [-0.4, -0.2) is 18.9 Å². The number of ketones is 1. The zero-order valence-corrected chi connectivity index (χ0v) is 8.00. The molecular formula is C10H14O3. The zero-order chi connectivity index (χ0) is 9.64. The van der Waals surface area contributed by atoms with Gasteiger partial charge in [-0.2, -0.15) is 0 Å². The lowest BCUT2D eigenvalue weighted by Crippen LogP contribution is -2.15. The Morgan fingerprint density at radius 2 is 2.38 bits per heavy atom. The Bertz CT molecular complexity index is 271. The van der Waals surface area contributed by atoms with Crippen LogP contribution in [0.1, 0.15) is 26.2 Å². The third-order valence-corrected chi connectivity index (χ3v) is 3.65. The van der Waals surface area contributed by atoms with E-state index in [2.05, 4.69) is 4.74 Å². The number of hydrogen-bond donors (Lipinski definition) is 0. The monoisotopic (exact) mass is 182 g/mol. The molecule has 2 saturated carbocycles. The van der Waals surface area contributed by atoms with E-state index in [4.69, 9.17) is 0 Å². The molecule has 0 heterocycles. The first-order valence-electron chi connectivity index (χ1n) is 4.69. The number of methoxy groups -OCH3 is 1. The van der Waals surface area contributed by atoms with Crippen LogP contribution in [0.5, 0.6) is 0 Å². The van der Waals surface area contributed by atoms with Crippen LogP contribution in [-0.2, 0) is 14.3 Å². The van der Waals surface area contributed by atoms with Crippen LogP contribution >= 0.6 is 0 Å². The lowest BCUT2D eigenvalue weighted by Gasteiger charge is -2.11. The number of carbonyl (C=O) groups excluding carboxylic acids is 2. The molecule has 2 fully saturated rings. The highest BCUT2D eigenvalue weighted by atomic mass is 16.5. The summed E-state index contributed by atoms with van der Waals surface area (Å²) in [6.07, 6.45) is 2.09. The van der Waals surface area contributed by atoms with Gasteiger partial charge in [-0.25, -0.2) is 0 Å². The van der Waals surface area contributed by atoms with Crippen molar-refractivity contribution >= 4 is 11.8 Å². The Labute approximate surface area is 77.4 Å². The zero-order valence-electron chi connectivity index (χ0n) is 8.00. The van der Waals surface area contributed by atoms with Crippen molar-refractivity contribution in [3.63, 3.8) is 0 Å². The normalized spacial score (nSPS) is 41.5. The number of carbonyl (C=O) groups is 2. The molecule has 0 aromatic rings. The highest BCUT2D eigenvalue weighted by Gasteiger charge is 2.67. The van der Waals surface area contributed by atoms with Gasteiger partial charge in [0.1, 0.15) is 5.78 Å². The number of esters is 1. The Balaban J connectivity index is 2.02. The van der Waals surface area contributed by atoms with Crippen molar-refractivity contribution in [3.05, 3.63) is 0 Å². The first-order chi connectivity index (χ1) is 6.09. The summed E-state index contributed by atoms with van der Waals surface area (Å²) in [5, 5.41) is 0. The van der Waals surface area contributed by atoms with Crippen molar-refractivity contribution in [1.29, 1.82) is 0 Å². The molecule has 72 valence electrons. The van der Waals surface area contributed by atoms with Gasteiger partial charge < -0.3 is 4.74 Å². The average molecular weight is 182 g/mol. The number of fused-ring (bicyclic) bond motifs is 1. The molecule has 0 radical (unpaired) electrons. The van der Waals surface area contributed by atoms with Gasteiger partial charge in [0.05, 0.1) is 13.5 Å². The molecule has 0 aliphatic heterocycles. The Morgan fingerprint density at radius 1 is 1.69 bits per heavy atom. The van der Waals surface area contributed by atoms with Gasteiger partial charge in [-0.15, -0.1) is 0 Å². The van der Waals surface area contributed by atoms with Gasteiger partial charge in [-0.05, 0) is 17.8 Å². The van der Waals surface area contributed by atoms with Gasteiger partial charge in [0.2, 0.25) is 0 Å². The third-order valence-electron chi connectivity index (χ3n) is 3.65. The first-order valence-corrected chi connectivity index (χ1v) is 4.69. The SMILES string of the molecule is COC(=O)C[C@@]1(C)[C@@H]2CCC(=O)[C@@H]21. The minimum atomic E-state index is -0.190. The van der Waals surface area contributed by atoms with Crippen molar-refractivity contribution in [2.75, 3.05) is 7.11 Å². The van der Waals surface area contributed by atoms with E-state index in [0.717, 1.165) is 6.42 Å². The molecule has 13 heavy (non-hydrogen) atoms. The van der Waals surface area contributed by atoms with Crippen LogP contribution in [0.3, 0.4) is 0 Å². The van der Waals surface area contributed by atoms with Crippen molar-refractivity contribution in [1.82, 2.24) is 0 Å². The first kappa shape index (κ1) is 8.73. The highest BCUT2D eigenvalue weighted by molar-refractivity contribution is 5.89. The van der Waals surface area contributed by atoms with Gasteiger partial charge in [-0.3, -0.25) is 9.59 Å². The van der Waals surface area contributed by atoms with E-state index in [0.29, 0.717) is 24.5 Å². The summed E-state index contributed by atoms with van der Waals surface area (Å²) >= 11 is 0. The average Bonchev–Trinajstić information content (AvgIpc) is 2.44. The van der Waals surface area contributed by atoms with E-state index in [1.807, 2.05) is 6.92 Å². The Kier molecular flexibility index (Phi) is 1.72. The predicted molar refractivity (Wildman–Crippen MR) is 46.0 cm³/mol. The second kappa shape index (κ2) is 2.56. The Hall–Kier alpha value is -0.860. The maximum Gasteiger partial charge on any atom is 0.306 e. The van der Waals surface area contributed by atoms with Crippen molar-refractivity contribution in [3.8, 4) is 0 Å². The highest BCUT2D eigenvalue weighted by Crippen LogP contribution is 2.67. The summed E-state index contributed by atoms with van der Waals surface area (Å²) in [5.74, 6) is 0.770. The molecule has 0 aromatic carbocycles. The minimum absolute atomic E-state index is 0.0670. The van der Waals surface area contributed by atoms with E-state index in [1.54, 1.807) is 0 Å². The summed E-state index contributed by atoms with van der Waals surface area (Å²) in [4.78, 5) is 22.4. The summed E-state index contributed by atoms with van der Waals surface area (Å²) in [7, 11) is 1.39. The maximum absolute atomic E-state index is 11.3. The van der Waals surface area contributed by atoms with Gasteiger partial charge in [0, 0.05) is 12.3 Å². The predicted octanol–water partition coefficient (Wildman–Crippen LogP) is 1.16. The fourth-order valence-electron chi connectivity index (χ4n) is 2.83. The van der Waals surface area contributed by atoms with Gasteiger partial charge in [0.15, 0.2) is 0 Å². The number of ether oxygens (including phenoxy) is 1. The molecule has 0 bridgehead atoms. The lowest BCUT2D eigenvalue weighted by atomic mass is 9.94. The molecule has 0 unspecified atom stereocenters. The molecule has 0 amide bonds. The quantitative estimate of drug-likeness (QED) is 0.602. The van der Waals surface area contributed by atoms with Crippen LogP contribution in [0.25, 0.3) is 0 Å². The molecule has 0 spiro atoms. The number of Topliss-reactive ketones (excluding diaryl/α,β-unsaturated/α-hetero) is 1. The second-order valence-electron chi connectivity index (χ2n) is 4.35. The molecule has 0 aromatic heterocycles. The molecule has 3 atom stereocenters. The van der Waals surface area contributed by atoms with Crippen molar-refractivity contribution in [2.24, 2.45) is 17.3 Å². The molecular weight excluding hydrogens is 168 g/mol. The molecule has 0 saturated heterocycles. The van der Waals surface area contributed by atoms with Crippen LogP contribution in [0.15, 0.2) is 0 Å². The van der Waals surface area contributed by atoms with Crippen LogP contribution in [0.4, 0.5) is 0 Å². The second-order valence-corrected chi connectivity index (χ2v) is 4.35. The third kappa shape index (κ3) is 1.10. The summed E-state index contributed by atoms with van der Waals surface area (Å²) in [6.45, 7) is 2.02. The standard InChI is InChI=1S/C10H14O3/c1-10(5-8(12)13-2)6-3-4-7(11)9(6)10/h6,9H,3-5H2,1-2H3/t6-,9-,10+/m1/s1. The molecule has 0 N–H and O–H groups in total. The molecule has 2 aliphatic carbocycles. The topological polar surface area (TPSA) is 43.4 Å². The summed E-state index contributed by atoms with van der Waals surface area (Å²) in [6, 6.07) is 0. The fourth-order valence-corrected chi connectivity index (χ4v) is 2.83. The maximum atomic E-state index is 11.3. The molecule has 2 aliphatic rings. The Morgan fingerprint density at radius 3 is 2.85 bits per heavy atom. The van der Waals surface area contributed by atoms with E-state index < -0.39 is 0 Å². The summed E-state index contributed by atoms with van der Waals surface area (Å²) in [5.41, 5.74) is -0.0670. The van der Waals surface area contributed by atoms with E-state index >= 15 is 0 Å². The van der Waals surface area contributed by atoms with E-state index in [9.17, 15) is 9.59 Å². The largest absolute Gasteiger partial charge is 0.469 e. The number of hydrogen-bond acceptors (Lipinski definition) is 3. The van der Waals surface area contributed by atoms with Crippen molar-refractivity contribution < 1.29 is 14.3 Å². The van der Waals surface area contributed by atoms with Crippen LogP contribution < -0.4 is 0 Å². The number of rotatable bonds is 2. The molecule has 3 nitrogen and oxygen atoms in total. The van der Waals surface area contributed by atoms with E-state index in [1.165, 1.54) is 7.11 Å². The molecule has 3 heteroatoms. The van der Waals surface area contributed by atoms with Crippen molar-refractivity contribution in [2.45, 2.75) is 26.2 Å². The van der Waals surface area contributed by atoms with E-state index in [-0.39, 0.29) is 17.3 Å². The fraction of sp³-hybridized carbons (Fsp3) is 0.800. The lowest BCUT2D eigenvalue weighted by molar-refractivity contribution is -0.142. The van der Waals surface area contributed by atoms with Gasteiger partial charge in [-0.1, -0.05) is 6.92 Å².